The molecule has 0 fully saturated rings. The Balaban J connectivity index is 1.81. The van der Waals surface area contributed by atoms with Crippen molar-refractivity contribution in [3.63, 3.8) is 0 Å². The molecule has 0 saturated heterocycles. The Kier molecular flexibility index (Phi) is 5.59. The van der Waals surface area contributed by atoms with Crippen molar-refractivity contribution in [1.29, 1.82) is 0 Å². The molecule has 0 N–H and O–H groups in total. The number of halogens is 2. The zero-order valence-electron chi connectivity index (χ0n) is 13.3. The van der Waals surface area contributed by atoms with Crippen LogP contribution >= 0.6 is 22.6 Å². The van der Waals surface area contributed by atoms with Crippen molar-refractivity contribution in [3.8, 4) is 11.5 Å². The predicted octanol–water partition coefficient (Wildman–Crippen LogP) is 3.49. The van der Waals surface area contributed by atoms with Gasteiger partial charge in [0.25, 0.3) is 0 Å². The van der Waals surface area contributed by atoms with Crippen molar-refractivity contribution < 1.29 is 13.9 Å². The number of aromatic nitrogens is 3. The molecule has 25 heavy (non-hydrogen) atoms. The molecule has 3 rings (SSSR count). The second-order valence-corrected chi connectivity index (χ2v) is 6.16. The molecule has 0 aliphatic carbocycles. The van der Waals surface area contributed by atoms with E-state index in [9.17, 15) is 4.39 Å². The zero-order chi connectivity index (χ0) is 17.6. The van der Waals surface area contributed by atoms with Gasteiger partial charge in [-0.3, -0.25) is 0 Å². The van der Waals surface area contributed by atoms with E-state index < -0.39 is 0 Å². The minimum absolute atomic E-state index is 0.118. The fourth-order valence-corrected chi connectivity index (χ4v) is 2.89. The molecule has 0 bridgehead atoms. The molecule has 0 spiro atoms. The van der Waals surface area contributed by atoms with Crippen molar-refractivity contribution in [3.05, 3.63) is 69.6 Å². The molecule has 0 unspecified atom stereocenters. The summed E-state index contributed by atoms with van der Waals surface area (Å²) in [6, 6.07) is 10.2. The molecule has 0 saturated carbocycles. The first kappa shape index (κ1) is 17.3. The number of hydrogen-bond donors (Lipinski definition) is 0. The summed E-state index contributed by atoms with van der Waals surface area (Å²) in [6.07, 6.45) is 4.64. The van der Waals surface area contributed by atoms with Crippen LogP contribution < -0.4 is 9.47 Å². The third kappa shape index (κ3) is 4.32. The van der Waals surface area contributed by atoms with Crippen molar-refractivity contribution >= 4 is 28.8 Å². The fourth-order valence-electron chi connectivity index (χ4n) is 2.11. The predicted molar refractivity (Wildman–Crippen MR) is 99.5 cm³/mol. The molecule has 1 heterocycles. The maximum absolute atomic E-state index is 13.7. The van der Waals surface area contributed by atoms with Gasteiger partial charge in [0.15, 0.2) is 11.5 Å². The van der Waals surface area contributed by atoms with Gasteiger partial charge in [0.2, 0.25) is 0 Å². The highest BCUT2D eigenvalue weighted by Gasteiger charge is 2.12. The number of hydrogen-bond acceptors (Lipinski definition) is 5. The van der Waals surface area contributed by atoms with Crippen LogP contribution in [-0.2, 0) is 6.61 Å². The van der Waals surface area contributed by atoms with Gasteiger partial charge in [-0.1, -0.05) is 18.2 Å². The molecule has 0 radical (unpaired) electrons. The van der Waals surface area contributed by atoms with E-state index in [-0.39, 0.29) is 12.4 Å². The molecule has 2 aromatic carbocycles. The van der Waals surface area contributed by atoms with Gasteiger partial charge in [-0.15, -0.1) is 10.2 Å². The van der Waals surface area contributed by atoms with Gasteiger partial charge in [0.05, 0.1) is 16.9 Å². The first-order chi connectivity index (χ1) is 12.2. The van der Waals surface area contributed by atoms with Gasteiger partial charge >= 0.3 is 0 Å². The van der Waals surface area contributed by atoms with Gasteiger partial charge in [-0.05, 0) is 46.4 Å². The van der Waals surface area contributed by atoms with Crippen LogP contribution in [0.1, 0.15) is 11.1 Å². The Morgan fingerprint density at radius 2 is 2.00 bits per heavy atom. The van der Waals surface area contributed by atoms with E-state index in [2.05, 4.69) is 37.9 Å². The van der Waals surface area contributed by atoms with Crippen LogP contribution in [0, 0.1) is 9.39 Å². The summed E-state index contributed by atoms with van der Waals surface area (Å²) in [7, 11) is 1.56. The quantitative estimate of drug-likeness (QED) is 0.425. The number of ether oxygens (including phenoxy) is 2. The van der Waals surface area contributed by atoms with Crippen molar-refractivity contribution in [2.24, 2.45) is 5.10 Å². The van der Waals surface area contributed by atoms with E-state index in [1.807, 2.05) is 6.07 Å². The minimum Gasteiger partial charge on any atom is -0.493 e. The average molecular weight is 452 g/mol. The van der Waals surface area contributed by atoms with E-state index in [0.717, 1.165) is 9.13 Å². The van der Waals surface area contributed by atoms with Crippen LogP contribution in [0.5, 0.6) is 11.5 Å². The van der Waals surface area contributed by atoms with Gasteiger partial charge in [-0.25, -0.2) is 9.07 Å². The standard InChI is InChI=1S/C17H14FIN4O2/c1-24-16-7-12(8-22-23-10-20-21-11-23)6-15(19)17(16)25-9-13-4-2-3-5-14(13)18/h2-8,10-11H,9H2,1H3/b22-8-. The third-order valence-corrected chi connectivity index (χ3v) is 4.13. The van der Waals surface area contributed by atoms with E-state index in [0.29, 0.717) is 17.1 Å². The Bertz CT molecular complexity index is 884. The SMILES string of the molecule is COc1cc(/C=N\n2cnnc2)cc(I)c1OCc1ccccc1F. The summed E-state index contributed by atoms with van der Waals surface area (Å²) in [6.45, 7) is 0.118. The number of nitrogens with zero attached hydrogens (tertiary/aromatic N) is 4. The van der Waals surface area contributed by atoms with Crippen molar-refractivity contribution in [2.75, 3.05) is 7.11 Å². The lowest BCUT2D eigenvalue weighted by Crippen LogP contribution is -2.02. The lowest BCUT2D eigenvalue weighted by Gasteiger charge is -2.14. The molecule has 0 aliphatic rings. The maximum Gasteiger partial charge on any atom is 0.174 e. The average Bonchev–Trinajstić information content (AvgIpc) is 3.13. The van der Waals surface area contributed by atoms with E-state index >= 15 is 0 Å². The lowest BCUT2D eigenvalue weighted by atomic mass is 10.2. The summed E-state index contributed by atoms with van der Waals surface area (Å²) >= 11 is 2.15. The van der Waals surface area contributed by atoms with Crippen LogP contribution in [0.2, 0.25) is 0 Å². The van der Waals surface area contributed by atoms with Crippen LogP contribution in [0.25, 0.3) is 0 Å². The normalized spacial score (nSPS) is 11.0. The fraction of sp³-hybridized carbons (Fsp3) is 0.118. The molecular formula is C17H14FIN4O2. The van der Waals surface area contributed by atoms with Crippen LogP contribution in [0.4, 0.5) is 4.39 Å². The monoisotopic (exact) mass is 452 g/mol. The highest BCUT2D eigenvalue weighted by molar-refractivity contribution is 14.1. The summed E-state index contributed by atoms with van der Waals surface area (Å²) in [5.74, 6) is 0.815. The molecule has 1 aromatic heterocycles. The Hall–Kier alpha value is -2.49. The number of benzene rings is 2. The summed E-state index contributed by atoms with van der Waals surface area (Å²) in [5, 5.41) is 11.6. The largest absolute Gasteiger partial charge is 0.493 e. The summed E-state index contributed by atoms with van der Waals surface area (Å²) < 4.78 is 27.2. The molecule has 6 nitrogen and oxygen atoms in total. The van der Waals surface area contributed by atoms with Crippen LogP contribution in [-0.4, -0.2) is 28.2 Å². The summed E-state index contributed by atoms with van der Waals surface area (Å²) in [4.78, 5) is 0. The highest BCUT2D eigenvalue weighted by atomic mass is 127. The highest BCUT2D eigenvalue weighted by Crippen LogP contribution is 2.34. The lowest BCUT2D eigenvalue weighted by molar-refractivity contribution is 0.277. The smallest absolute Gasteiger partial charge is 0.174 e. The van der Waals surface area contributed by atoms with E-state index in [1.165, 1.54) is 23.4 Å². The number of rotatable bonds is 6. The van der Waals surface area contributed by atoms with Crippen molar-refractivity contribution in [2.45, 2.75) is 6.61 Å². The van der Waals surface area contributed by atoms with Gasteiger partial charge in [0, 0.05) is 5.56 Å². The van der Waals surface area contributed by atoms with Gasteiger partial charge in [-0.2, -0.15) is 5.10 Å². The molecule has 3 aromatic rings. The third-order valence-electron chi connectivity index (χ3n) is 3.33. The number of methoxy groups -OCH3 is 1. The molecule has 0 aliphatic heterocycles. The second-order valence-electron chi connectivity index (χ2n) is 5.00. The molecule has 128 valence electrons. The maximum atomic E-state index is 13.7. The zero-order valence-corrected chi connectivity index (χ0v) is 15.4. The molecule has 8 heteroatoms. The Morgan fingerprint density at radius 3 is 2.72 bits per heavy atom. The molecule has 0 atom stereocenters. The van der Waals surface area contributed by atoms with Crippen LogP contribution in [0.15, 0.2) is 54.2 Å². The van der Waals surface area contributed by atoms with Crippen LogP contribution in [0.3, 0.4) is 0 Å². The second kappa shape index (κ2) is 8.06. The van der Waals surface area contributed by atoms with Crippen molar-refractivity contribution in [1.82, 2.24) is 14.9 Å². The van der Waals surface area contributed by atoms with Gasteiger partial charge in [0.1, 0.15) is 25.1 Å². The first-order valence-electron chi connectivity index (χ1n) is 7.30. The summed E-state index contributed by atoms with van der Waals surface area (Å²) in [5.41, 5.74) is 1.31. The molecule has 0 amide bonds. The minimum atomic E-state index is -0.297. The first-order valence-corrected chi connectivity index (χ1v) is 8.38. The molecular weight excluding hydrogens is 438 g/mol. The van der Waals surface area contributed by atoms with E-state index in [1.54, 1.807) is 37.6 Å². The Labute approximate surface area is 157 Å². The van der Waals surface area contributed by atoms with E-state index in [4.69, 9.17) is 9.47 Å². The van der Waals surface area contributed by atoms with Gasteiger partial charge < -0.3 is 9.47 Å². The topological polar surface area (TPSA) is 61.5 Å². The Morgan fingerprint density at radius 1 is 1.24 bits per heavy atom.